The van der Waals surface area contributed by atoms with E-state index in [1.807, 2.05) is 30.3 Å². The number of rotatable bonds is 8. The number of halogens is 1. The van der Waals surface area contributed by atoms with Crippen molar-refractivity contribution in [3.05, 3.63) is 60.0 Å². The van der Waals surface area contributed by atoms with Gasteiger partial charge in [-0.2, -0.15) is 0 Å². The van der Waals surface area contributed by atoms with E-state index in [9.17, 15) is 4.79 Å². The van der Waals surface area contributed by atoms with Gasteiger partial charge in [0, 0.05) is 63.2 Å². The fraction of sp³-hybridized carbons (Fsp3) is 0.452. The molecule has 4 heterocycles. The summed E-state index contributed by atoms with van der Waals surface area (Å²) >= 11 is 0. The summed E-state index contributed by atoms with van der Waals surface area (Å²) in [5, 5.41) is 6.52. The lowest BCUT2D eigenvalue weighted by atomic mass is 10.0. The highest BCUT2D eigenvalue weighted by Crippen LogP contribution is 2.32. The van der Waals surface area contributed by atoms with Gasteiger partial charge in [-0.25, -0.2) is 14.4 Å². The molecule has 3 aliphatic rings. The number of primary amides is 1. The number of piperazine rings is 1. The molecule has 1 atom stereocenters. The van der Waals surface area contributed by atoms with Crippen molar-refractivity contribution in [1.29, 1.82) is 0 Å². The summed E-state index contributed by atoms with van der Waals surface area (Å²) in [5.74, 6) is -0.375. The molecule has 1 aromatic heterocycles. The van der Waals surface area contributed by atoms with Crippen LogP contribution in [0.25, 0.3) is 11.3 Å². The molecule has 3 aliphatic heterocycles. The number of hydrogen-bond donors (Lipinski definition) is 3. The number of nitrogens with zero attached hydrogens (tertiary/aromatic N) is 5. The Morgan fingerprint density at radius 2 is 1.74 bits per heavy atom. The Morgan fingerprint density at radius 3 is 2.40 bits per heavy atom. The molecule has 4 N–H and O–H groups in total. The van der Waals surface area contributed by atoms with Crippen LogP contribution in [0.1, 0.15) is 29.8 Å². The van der Waals surface area contributed by atoms with Crippen molar-refractivity contribution in [3.63, 3.8) is 0 Å². The Kier molecular flexibility index (Phi) is 8.50. The van der Waals surface area contributed by atoms with Crippen LogP contribution in [0.5, 0.6) is 0 Å². The first-order chi connectivity index (χ1) is 20.4. The van der Waals surface area contributed by atoms with E-state index in [2.05, 4.69) is 37.4 Å². The lowest BCUT2D eigenvalue weighted by molar-refractivity contribution is 0.0981. The first-order valence-electron chi connectivity index (χ1n) is 14.8. The maximum atomic E-state index is 15.5. The monoisotopic (exact) mass is 574 g/mol. The van der Waals surface area contributed by atoms with Crippen LogP contribution in [0, 0.1) is 5.82 Å². The van der Waals surface area contributed by atoms with Gasteiger partial charge in [0.15, 0.2) is 17.3 Å². The lowest BCUT2D eigenvalue weighted by Gasteiger charge is -2.42. The van der Waals surface area contributed by atoms with Crippen LogP contribution in [-0.4, -0.2) is 97.3 Å². The third-order valence-electron chi connectivity index (χ3n) is 8.52. The van der Waals surface area contributed by atoms with Crippen LogP contribution in [-0.2, 0) is 4.74 Å². The minimum atomic E-state index is -0.724. The smallest absolute Gasteiger partial charge is 0.271 e. The number of nitrogens with two attached hydrogens (primary N) is 1. The molecule has 0 unspecified atom stereocenters. The quantitative estimate of drug-likeness (QED) is 0.372. The molecule has 0 saturated carbocycles. The van der Waals surface area contributed by atoms with E-state index in [0.29, 0.717) is 42.1 Å². The van der Waals surface area contributed by atoms with Gasteiger partial charge in [0.1, 0.15) is 11.5 Å². The molecule has 11 heteroatoms. The molecule has 2 aromatic carbocycles. The molecule has 0 spiro atoms. The molecular formula is C31H39FN8O2. The maximum Gasteiger partial charge on any atom is 0.271 e. The second kappa shape index (κ2) is 12.6. The molecule has 10 nitrogen and oxygen atoms in total. The minimum Gasteiger partial charge on any atom is -0.379 e. The fourth-order valence-electron chi connectivity index (χ4n) is 6.07. The Hall–Kier alpha value is -3.80. The summed E-state index contributed by atoms with van der Waals surface area (Å²) in [6, 6.07) is 15.2. The largest absolute Gasteiger partial charge is 0.379 e. The number of benzene rings is 2. The Balaban J connectivity index is 1.21. The summed E-state index contributed by atoms with van der Waals surface area (Å²) in [6.07, 6.45) is 2.88. The molecule has 0 radical (unpaired) electrons. The number of anilines is 4. The van der Waals surface area contributed by atoms with E-state index in [0.717, 1.165) is 64.1 Å². The number of carbonyl (C=O) groups is 1. The van der Waals surface area contributed by atoms with Crippen LogP contribution < -0.4 is 21.3 Å². The van der Waals surface area contributed by atoms with Gasteiger partial charge in [0.25, 0.3) is 5.91 Å². The average molecular weight is 575 g/mol. The van der Waals surface area contributed by atoms with Crippen molar-refractivity contribution in [3.8, 4) is 11.3 Å². The van der Waals surface area contributed by atoms with Gasteiger partial charge >= 0.3 is 0 Å². The first kappa shape index (κ1) is 28.3. The molecule has 42 heavy (non-hydrogen) atoms. The average Bonchev–Trinajstić information content (AvgIpc) is 3.51. The molecule has 222 valence electrons. The molecule has 3 aromatic rings. The molecule has 3 fully saturated rings. The Labute approximate surface area is 246 Å². The SMILES string of the molecule is CN1CCN(C2CCN(c3ccc(Nc4nc(N[C@H]5CCOC5)c(-c5ccccc5)nc4C(N)=O)cc3F)CC2)CC1. The minimum absolute atomic E-state index is 0.0162. The Bertz CT molecular complexity index is 1390. The van der Waals surface area contributed by atoms with Crippen molar-refractivity contribution in [1.82, 2.24) is 19.8 Å². The zero-order valence-electron chi connectivity index (χ0n) is 24.1. The summed E-state index contributed by atoms with van der Waals surface area (Å²) in [4.78, 5) is 28.9. The maximum absolute atomic E-state index is 15.5. The molecular weight excluding hydrogens is 535 g/mol. The molecule has 6 rings (SSSR count). The van der Waals surface area contributed by atoms with Crippen LogP contribution in [0.4, 0.5) is 27.4 Å². The molecule has 0 bridgehead atoms. The third-order valence-corrected chi connectivity index (χ3v) is 8.52. The van der Waals surface area contributed by atoms with Crippen LogP contribution in [0.2, 0.25) is 0 Å². The highest BCUT2D eigenvalue weighted by atomic mass is 19.1. The number of nitrogens with one attached hydrogen (secondary N) is 2. The number of hydrogen-bond acceptors (Lipinski definition) is 9. The number of likely N-dealkylation sites (N-methyl/N-ethyl adjacent to an activating group) is 1. The van der Waals surface area contributed by atoms with Crippen LogP contribution in [0.15, 0.2) is 48.5 Å². The van der Waals surface area contributed by atoms with Gasteiger partial charge in [-0.3, -0.25) is 9.69 Å². The number of carbonyl (C=O) groups excluding carboxylic acids is 1. The number of aromatic nitrogens is 2. The van der Waals surface area contributed by atoms with E-state index in [-0.39, 0.29) is 23.4 Å². The predicted octanol–water partition coefficient (Wildman–Crippen LogP) is 3.54. The van der Waals surface area contributed by atoms with Gasteiger partial charge in [-0.15, -0.1) is 0 Å². The number of ether oxygens (including phenoxy) is 1. The van der Waals surface area contributed by atoms with E-state index in [4.69, 9.17) is 15.5 Å². The van der Waals surface area contributed by atoms with E-state index in [1.54, 1.807) is 12.1 Å². The standard InChI is InChI=1S/C31H39FN8O2/c1-38-14-16-39(17-15-38)24-9-12-40(13-10-24)26-8-7-22(19-25(26)32)34-31-28(29(33)41)36-27(21-5-3-2-4-6-21)30(37-31)35-23-11-18-42-20-23/h2-8,19,23-24H,9-18,20H2,1H3,(H2,33,41)(H2,34,35,37)/t23-/m0/s1. The van der Waals surface area contributed by atoms with E-state index in [1.165, 1.54) is 6.07 Å². The third kappa shape index (κ3) is 6.33. The van der Waals surface area contributed by atoms with Gasteiger partial charge in [0.05, 0.1) is 18.3 Å². The van der Waals surface area contributed by atoms with Crippen molar-refractivity contribution < 1.29 is 13.9 Å². The molecule has 1 amide bonds. The molecule has 0 aliphatic carbocycles. The van der Waals surface area contributed by atoms with Crippen LogP contribution >= 0.6 is 0 Å². The van der Waals surface area contributed by atoms with Crippen molar-refractivity contribution in [2.45, 2.75) is 31.3 Å². The van der Waals surface area contributed by atoms with Crippen molar-refractivity contribution in [2.75, 3.05) is 75.1 Å². The zero-order chi connectivity index (χ0) is 29.1. The first-order valence-corrected chi connectivity index (χ1v) is 14.8. The summed E-state index contributed by atoms with van der Waals surface area (Å²) in [7, 11) is 2.17. The van der Waals surface area contributed by atoms with Crippen molar-refractivity contribution >= 4 is 28.9 Å². The van der Waals surface area contributed by atoms with Crippen LogP contribution in [0.3, 0.4) is 0 Å². The summed E-state index contributed by atoms with van der Waals surface area (Å²) < 4.78 is 21.0. The molecule has 3 saturated heterocycles. The number of amides is 1. The number of piperidine rings is 1. The topological polar surface area (TPSA) is 112 Å². The summed E-state index contributed by atoms with van der Waals surface area (Å²) in [6.45, 7) is 7.26. The van der Waals surface area contributed by atoms with Gasteiger partial charge in [0.2, 0.25) is 0 Å². The van der Waals surface area contributed by atoms with Gasteiger partial charge < -0.3 is 30.9 Å². The summed E-state index contributed by atoms with van der Waals surface area (Å²) in [5.41, 5.74) is 8.09. The highest BCUT2D eigenvalue weighted by Gasteiger charge is 2.28. The normalized spacial score (nSPS) is 20.5. The fourth-order valence-corrected chi connectivity index (χ4v) is 6.07. The van der Waals surface area contributed by atoms with Gasteiger partial charge in [-0.05, 0) is 44.5 Å². The second-order valence-electron chi connectivity index (χ2n) is 11.4. The predicted molar refractivity (Wildman–Crippen MR) is 163 cm³/mol. The van der Waals surface area contributed by atoms with E-state index < -0.39 is 5.91 Å². The van der Waals surface area contributed by atoms with E-state index >= 15 is 4.39 Å². The Morgan fingerprint density at radius 1 is 0.976 bits per heavy atom. The zero-order valence-corrected chi connectivity index (χ0v) is 24.1. The van der Waals surface area contributed by atoms with Gasteiger partial charge in [-0.1, -0.05) is 30.3 Å². The second-order valence-corrected chi connectivity index (χ2v) is 11.4. The lowest BCUT2D eigenvalue weighted by Crippen LogP contribution is -2.52. The van der Waals surface area contributed by atoms with Crippen molar-refractivity contribution in [2.24, 2.45) is 5.73 Å². The highest BCUT2D eigenvalue weighted by molar-refractivity contribution is 5.97.